The molecule has 4 heterocycles. The first-order chi connectivity index (χ1) is 23.9. The number of carboxylic acids is 1. The molecule has 1 amide bonds. The van der Waals surface area contributed by atoms with Gasteiger partial charge in [-0.3, -0.25) is 14.4 Å². The summed E-state index contributed by atoms with van der Waals surface area (Å²) in [5, 5.41) is 17.6. The van der Waals surface area contributed by atoms with Crippen LogP contribution in [-0.4, -0.2) is 93.1 Å². The van der Waals surface area contributed by atoms with Crippen molar-refractivity contribution in [3.05, 3.63) is 70.4 Å². The largest absolute Gasteiger partial charge is 0.479 e. The van der Waals surface area contributed by atoms with E-state index in [4.69, 9.17) is 31.2 Å². The number of morpholine rings is 1. The van der Waals surface area contributed by atoms with Crippen molar-refractivity contribution in [1.29, 1.82) is 0 Å². The molecule has 1 N–H and O–H groups in total. The van der Waals surface area contributed by atoms with Crippen molar-refractivity contribution in [3.63, 3.8) is 0 Å². The zero-order valence-electron chi connectivity index (χ0n) is 29.0. The Morgan fingerprint density at radius 3 is 2.50 bits per heavy atom. The molecule has 1 unspecified atom stereocenters. The average molecular weight is 716 g/mol. The molecule has 3 aromatic carbocycles. The number of aromatic nitrogens is 3. The van der Waals surface area contributed by atoms with Crippen LogP contribution in [0.1, 0.15) is 56.0 Å². The van der Waals surface area contributed by atoms with E-state index in [1.54, 1.807) is 0 Å². The predicted molar refractivity (Wildman–Crippen MR) is 197 cm³/mol. The van der Waals surface area contributed by atoms with Crippen molar-refractivity contribution in [1.82, 2.24) is 24.6 Å². The molecule has 0 spiro atoms. The van der Waals surface area contributed by atoms with Crippen LogP contribution in [0.2, 0.25) is 5.02 Å². The van der Waals surface area contributed by atoms with E-state index in [2.05, 4.69) is 11.0 Å². The van der Waals surface area contributed by atoms with Crippen LogP contribution in [0.25, 0.3) is 42.8 Å². The number of hydrogen-bond acceptors (Lipinski definition) is 8. The lowest BCUT2D eigenvalue weighted by molar-refractivity contribution is -0.160. The smallest absolute Gasteiger partial charge is 0.337 e. The lowest BCUT2D eigenvalue weighted by Gasteiger charge is -2.28. The standard InChI is InChI=1S/C38H42ClN5O5S/c1-22-20-28-34(31(23-6-9-25(39)10-7-23)30(22)33(37(46)47)49-38(2,3)4)50-35(40-28)24-8-11-29-27(21-24)32(41-42(29)5)26-12-13-44(36(26)45)15-14-43-16-18-48-19-17-43/h6-11,20-21,26,33H,12-19H2,1-5H3,(H,46,47)/t26?,33-/m0/s1. The molecule has 2 fully saturated rings. The molecule has 0 saturated carbocycles. The molecule has 10 nitrogen and oxygen atoms in total. The van der Waals surface area contributed by atoms with Crippen molar-refractivity contribution in [2.45, 2.75) is 51.7 Å². The summed E-state index contributed by atoms with van der Waals surface area (Å²) in [6, 6.07) is 15.6. The molecule has 7 rings (SSSR count). The highest BCUT2D eigenvalue weighted by molar-refractivity contribution is 7.22. The van der Waals surface area contributed by atoms with Gasteiger partial charge in [0.2, 0.25) is 5.91 Å². The summed E-state index contributed by atoms with van der Waals surface area (Å²) in [6.45, 7) is 13.0. The van der Waals surface area contributed by atoms with Crippen LogP contribution < -0.4 is 0 Å². The van der Waals surface area contributed by atoms with Crippen LogP contribution in [0.15, 0.2) is 48.5 Å². The Labute approximate surface area is 300 Å². The third-order valence-corrected chi connectivity index (χ3v) is 11.0. The van der Waals surface area contributed by atoms with Gasteiger partial charge in [0.15, 0.2) is 6.10 Å². The van der Waals surface area contributed by atoms with Gasteiger partial charge in [0.05, 0.1) is 46.2 Å². The number of aryl methyl sites for hydroxylation is 2. The van der Waals surface area contributed by atoms with Crippen molar-refractivity contribution >= 4 is 55.9 Å². The van der Waals surface area contributed by atoms with Gasteiger partial charge in [-0.2, -0.15) is 5.10 Å². The second kappa shape index (κ2) is 13.7. The number of carbonyl (C=O) groups excluding carboxylic acids is 1. The molecule has 2 aromatic heterocycles. The minimum absolute atomic E-state index is 0.129. The van der Waals surface area contributed by atoms with E-state index in [9.17, 15) is 14.7 Å². The summed E-state index contributed by atoms with van der Waals surface area (Å²) in [6.07, 6.45) is -0.463. The molecule has 262 valence electrons. The van der Waals surface area contributed by atoms with E-state index in [1.165, 1.54) is 11.3 Å². The van der Waals surface area contributed by atoms with Gasteiger partial charge in [0.1, 0.15) is 5.01 Å². The normalized spacial score (nSPS) is 18.1. The Morgan fingerprint density at radius 1 is 1.08 bits per heavy atom. The third-order valence-electron chi connectivity index (χ3n) is 9.56. The zero-order valence-corrected chi connectivity index (χ0v) is 30.6. The van der Waals surface area contributed by atoms with Gasteiger partial charge in [0.25, 0.3) is 0 Å². The number of benzene rings is 3. The Hall–Kier alpha value is -3.87. The lowest BCUT2D eigenvalue weighted by atomic mass is 9.91. The van der Waals surface area contributed by atoms with Crippen LogP contribution in [0.3, 0.4) is 0 Å². The molecule has 0 radical (unpaired) electrons. The first-order valence-electron chi connectivity index (χ1n) is 17.0. The molecule has 0 bridgehead atoms. The third kappa shape index (κ3) is 6.77. The quantitative estimate of drug-likeness (QED) is 0.173. The van der Waals surface area contributed by atoms with E-state index < -0.39 is 17.7 Å². The SMILES string of the molecule is Cc1cc2nc(-c3ccc4c(c3)c(C3CCN(CCN5CCOCC5)C3=O)nn4C)sc2c(-c2ccc(Cl)cc2)c1[C@H](OC(C)(C)C)C(=O)O. The number of halogens is 1. The average Bonchev–Trinajstić information content (AvgIpc) is 3.77. The zero-order chi connectivity index (χ0) is 35.3. The fourth-order valence-corrected chi connectivity index (χ4v) is 8.39. The van der Waals surface area contributed by atoms with Crippen LogP contribution >= 0.6 is 22.9 Å². The van der Waals surface area contributed by atoms with Crippen LogP contribution in [0.5, 0.6) is 0 Å². The molecule has 0 aliphatic carbocycles. The van der Waals surface area contributed by atoms with E-state index in [-0.39, 0.29) is 11.8 Å². The van der Waals surface area contributed by atoms with Gasteiger partial charge in [-0.15, -0.1) is 11.3 Å². The summed E-state index contributed by atoms with van der Waals surface area (Å²) in [4.78, 5) is 35.9. The number of rotatable bonds is 9. The van der Waals surface area contributed by atoms with Crippen molar-refractivity contribution < 1.29 is 24.2 Å². The minimum atomic E-state index is -1.19. The highest BCUT2D eigenvalue weighted by Crippen LogP contribution is 2.45. The van der Waals surface area contributed by atoms with Crippen molar-refractivity contribution in [2.24, 2.45) is 7.05 Å². The molecule has 50 heavy (non-hydrogen) atoms. The van der Waals surface area contributed by atoms with Gasteiger partial charge in [-0.1, -0.05) is 23.7 Å². The summed E-state index contributed by atoms with van der Waals surface area (Å²) in [5.41, 5.74) is 5.71. The van der Waals surface area contributed by atoms with E-state index in [1.807, 2.05) is 86.8 Å². The maximum absolute atomic E-state index is 13.7. The van der Waals surface area contributed by atoms with Gasteiger partial charge >= 0.3 is 5.97 Å². The Kier molecular flexibility index (Phi) is 9.46. The van der Waals surface area contributed by atoms with Crippen LogP contribution in [0, 0.1) is 6.92 Å². The second-order valence-electron chi connectivity index (χ2n) is 14.2. The monoisotopic (exact) mass is 715 g/mol. The predicted octanol–water partition coefficient (Wildman–Crippen LogP) is 7.07. The first kappa shape index (κ1) is 34.6. The molecular weight excluding hydrogens is 674 g/mol. The van der Waals surface area contributed by atoms with Gasteiger partial charge < -0.3 is 19.5 Å². The van der Waals surface area contributed by atoms with Crippen LogP contribution in [-0.2, 0) is 26.1 Å². The number of hydrogen-bond donors (Lipinski definition) is 1. The number of fused-ring (bicyclic) bond motifs is 2. The summed E-state index contributed by atoms with van der Waals surface area (Å²) < 4.78 is 14.4. The molecule has 2 saturated heterocycles. The minimum Gasteiger partial charge on any atom is -0.479 e. The van der Waals surface area contributed by atoms with Crippen LogP contribution in [0.4, 0.5) is 0 Å². The molecule has 2 atom stereocenters. The topological polar surface area (TPSA) is 110 Å². The number of amides is 1. The summed E-state index contributed by atoms with van der Waals surface area (Å²) >= 11 is 7.79. The number of ether oxygens (including phenoxy) is 2. The van der Waals surface area contributed by atoms with Crippen molar-refractivity contribution in [3.8, 4) is 21.7 Å². The number of nitrogens with zero attached hydrogens (tertiary/aromatic N) is 5. The highest BCUT2D eigenvalue weighted by Gasteiger charge is 2.36. The van der Waals surface area contributed by atoms with Gasteiger partial charge in [-0.25, -0.2) is 9.78 Å². The highest BCUT2D eigenvalue weighted by atomic mass is 35.5. The Balaban J connectivity index is 1.28. The maximum Gasteiger partial charge on any atom is 0.337 e. The summed E-state index contributed by atoms with van der Waals surface area (Å²) in [7, 11) is 1.92. The number of thiazole rings is 1. The second-order valence-corrected chi connectivity index (χ2v) is 15.6. The Bertz CT molecular complexity index is 2080. The van der Waals surface area contributed by atoms with E-state index in [0.29, 0.717) is 17.1 Å². The number of carbonyl (C=O) groups is 2. The number of aliphatic carboxylic acids is 1. The lowest BCUT2D eigenvalue weighted by Crippen LogP contribution is -2.42. The molecular formula is C38H42ClN5O5S. The first-order valence-corrected chi connectivity index (χ1v) is 18.2. The molecule has 5 aromatic rings. The Morgan fingerprint density at radius 2 is 1.80 bits per heavy atom. The molecule has 12 heteroatoms. The van der Waals surface area contributed by atoms with E-state index >= 15 is 0 Å². The fraction of sp³-hybridized carbons (Fsp3) is 0.421. The van der Waals surface area contributed by atoms with Gasteiger partial charge in [0, 0.05) is 66.9 Å². The van der Waals surface area contributed by atoms with E-state index in [0.717, 1.165) is 99.9 Å². The number of likely N-dealkylation sites (tertiary alicyclic amines) is 1. The van der Waals surface area contributed by atoms with Crippen molar-refractivity contribution in [2.75, 3.05) is 45.9 Å². The molecule has 2 aliphatic heterocycles. The fourth-order valence-electron chi connectivity index (χ4n) is 7.15. The summed E-state index contributed by atoms with van der Waals surface area (Å²) in [5.74, 6) is -1.23. The maximum atomic E-state index is 13.7. The molecule has 2 aliphatic rings. The van der Waals surface area contributed by atoms with Gasteiger partial charge in [-0.05, 0) is 81.6 Å². The number of carboxylic acid groups (broad SMARTS) is 1.